The molecule has 2 aromatic rings. The third kappa shape index (κ3) is 4.65. The van der Waals surface area contributed by atoms with Gasteiger partial charge in [-0.15, -0.1) is 0 Å². The Bertz CT molecular complexity index is 809. The number of hydrogen-bond donors (Lipinski definition) is 1. The predicted molar refractivity (Wildman–Crippen MR) is 88.4 cm³/mol. The van der Waals surface area contributed by atoms with E-state index in [1.54, 1.807) is 12.1 Å². The van der Waals surface area contributed by atoms with Gasteiger partial charge in [-0.05, 0) is 24.1 Å². The standard InChI is InChI=1S/C17H20FN3O3/c1-2-3-9-19-15(22)12-21-16(23)8-10-20(17(21)24)11-13-4-6-14(18)7-5-13/h4-8,10H,2-3,9,11-12H2,1H3,(H,19,22). The molecule has 0 aliphatic rings. The lowest BCUT2D eigenvalue weighted by molar-refractivity contribution is -0.121. The summed E-state index contributed by atoms with van der Waals surface area (Å²) in [4.78, 5) is 36.1. The van der Waals surface area contributed by atoms with Gasteiger partial charge in [-0.3, -0.25) is 18.7 Å². The minimum Gasteiger partial charge on any atom is -0.355 e. The first-order valence-corrected chi connectivity index (χ1v) is 7.82. The Morgan fingerprint density at radius 1 is 1.17 bits per heavy atom. The average Bonchev–Trinajstić information content (AvgIpc) is 2.56. The van der Waals surface area contributed by atoms with E-state index in [1.807, 2.05) is 6.92 Å². The van der Waals surface area contributed by atoms with E-state index in [0.29, 0.717) is 6.54 Å². The van der Waals surface area contributed by atoms with Gasteiger partial charge in [-0.1, -0.05) is 25.5 Å². The minimum absolute atomic E-state index is 0.191. The Morgan fingerprint density at radius 2 is 1.88 bits per heavy atom. The van der Waals surface area contributed by atoms with E-state index in [0.717, 1.165) is 23.0 Å². The molecule has 7 heteroatoms. The second kappa shape index (κ2) is 8.24. The van der Waals surface area contributed by atoms with Crippen LogP contribution in [0, 0.1) is 5.82 Å². The fourth-order valence-electron chi connectivity index (χ4n) is 2.21. The van der Waals surface area contributed by atoms with Crippen molar-refractivity contribution in [2.75, 3.05) is 6.54 Å². The molecule has 6 nitrogen and oxygen atoms in total. The molecular weight excluding hydrogens is 313 g/mol. The summed E-state index contributed by atoms with van der Waals surface area (Å²) in [6, 6.07) is 6.97. The summed E-state index contributed by atoms with van der Waals surface area (Å²) in [6.07, 6.45) is 3.15. The number of aromatic nitrogens is 2. The van der Waals surface area contributed by atoms with E-state index < -0.39 is 11.2 Å². The lowest BCUT2D eigenvalue weighted by Gasteiger charge is -2.10. The van der Waals surface area contributed by atoms with Gasteiger partial charge < -0.3 is 5.32 Å². The monoisotopic (exact) mass is 333 g/mol. The number of unbranched alkanes of at least 4 members (excludes halogenated alkanes) is 1. The van der Waals surface area contributed by atoms with Crippen LogP contribution in [0.5, 0.6) is 0 Å². The molecule has 1 aromatic heterocycles. The summed E-state index contributed by atoms with van der Waals surface area (Å²) in [5.41, 5.74) is -0.380. The number of benzene rings is 1. The van der Waals surface area contributed by atoms with Gasteiger partial charge in [-0.25, -0.2) is 9.18 Å². The van der Waals surface area contributed by atoms with Crippen LogP contribution in [0.25, 0.3) is 0 Å². The Morgan fingerprint density at radius 3 is 2.54 bits per heavy atom. The first kappa shape index (κ1) is 17.7. The second-order valence-electron chi connectivity index (χ2n) is 5.48. The topological polar surface area (TPSA) is 73.1 Å². The van der Waals surface area contributed by atoms with Crippen LogP contribution in [-0.4, -0.2) is 21.6 Å². The number of nitrogens with one attached hydrogen (secondary N) is 1. The first-order valence-electron chi connectivity index (χ1n) is 7.82. The summed E-state index contributed by atoms with van der Waals surface area (Å²) in [6.45, 7) is 2.39. The van der Waals surface area contributed by atoms with E-state index in [9.17, 15) is 18.8 Å². The predicted octanol–water partition coefficient (Wildman–Crippen LogP) is 1.11. The van der Waals surface area contributed by atoms with Crippen LogP contribution in [0.2, 0.25) is 0 Å². The number of carbonyl (C=O) groups is 1. The number of nitrogens with zero attached hydrogens (tertiary/aromatic N) is 2. The molecule has 128 valence electrons. The van der Waals surface area contributed by atoms with Crippen molar-refractivity contribution in [1.29, 1.82) is 0 Å². The molecule has 0 unspecified atom stereocenters. The number of hydrogen-bond acceptors (Lipinski definition) is 3. The smallest absolute Gasteiger partial charge is 0.331 e. The van der Waals surface area contributed by atoms with Gasteiger partial charge in [0.1, 0.15) is 12.4 Å². The maximum Gasteiger partial charge on any atom is 0.331 e. The van der Waals surface area contributed by atoms with E-state index in [1.165, 1.54) is 29.0 Å². The molecule has 1 amide bonds. The van der Waals surface area contributed by atoms with Crippen LogP contribution >= 0.6 is 0 Å². The molecule has 0 saturated heterocycles. The molecule has 1 heterocycles. The van der Waals surface area contributed by atoms with E-state index in [4.69, 9.17) is 0 Å². The largest absolute Gasteiger partial charge is 0.355 e. The lowest BCUT2D eigenvalue weighted by Crippen LogP contribution is -2.43. The van der Waals surface area contributed by atoms with Crippen molar-refractivity contribution in [2.45, 2.75) is 32.9 Å². The van der Waals surface area contributed by atoms with E-state index in [2.05, 4.69) is 5.32 Å². The van der Waals surface area contributed by atoms with E-state index >= 15 is 0 Å². The average molecular weight is 333 g/mol. The molecule has 2 rings (SSSR count). The summed E-state index contributed by atoms with van der Waals surface area (Å²) in [5.74, 6) is -0.734. The third-order valence-electron chi connectivity index (χ3n) is 3.56. The molecule has 0 aliphatic heterocycles. The first-order chi connectivity index (χ1) is 11.5. The highest BCUT2D eigenvalue weighted by atomic mass is 19.1. The Hall–Kier alpha value is -2.70. The van der Waals surface area contributed by atoms with Gasteiger partial charge in [0, 0.05) is 18.8 Å². The van der Waals surface area contributed by atoms with Gasteiger partial charge in [0.2, 0.25) is 5.91 Å². The van der Waals surface area contributed by atoms with E-state index in [-0.39, 0.29) is 24.8 Å². The Kier molecular flexibility index (Phi) is 6.06. The summed E-state index contributed by atoms with van der Waals surface area (Å²) in [7, 11) is 0. The molecule has 0 spiro atoms. The van der Waals surface area contributed by atoms with Gasteiger partial charge in [0.15, 0.2) is 0 Å². The number of carbonyl (C=O) groups excluding carboxylic acids is 1. The maximum absolute atomic E-state index is 12.9. The fraction of sp³-hybridized carbons (Fsp3) is 0.353. The van der Waals surface area contributed by atoms with Crippen molar-refractivity contribution in [3.8, 4) is 0 Å². The molecule has 0 aliphatic carbocycles. The van der Waals surface area contributed by atoms with Crippen LogP contribution in [0.15, 0.2) is 46.1 Å². The minimum atomic E-state index is -0.572. The van der Waals surface area contributed by atoms with Crippen LogP contribution in [0.3, 0.4) is 0 Å². The van der Waals surface area contributed by atoms with Crippen molar-refractivity contribution in [3.63, 3.8) is 0 Å². The molecular formula is C17H20FN3O3. The van der Waals surface area contributed by atoms with Gasteiger partial charge in [-0.2, -0.15) is 0 Å². The van der Waals surface area contributed by atoms with Crippen molar-refractivity contribution in [2.24, 2.45) is 0 Å². The fourth-order valence-corrected chi connectivity index (χ4v) is 2.21. The lowest BCUT2D eigenvalue weighted by atomic mass is 10.2. The highest BCUT2D eigenvalue weighted by molar-refractivity contribution is 5.75. The van der Waals surface area contributed by atoms with Crippen molar-refractivity contribution < 1.29 is 9.18 Å². The quantitative estimate of drug-likeness (QED) is 0.772. The Balaban J connectivity index is 2.17. The van der Waals surface area contributed by atoms with Crippen LogP contribution in [0.4, 0.5) is 4.39 Å². The van der Waals surface area contributed by atoms with Gasteiger partial charge >= 0.3 is 5.69 Å². The Labute approximate surface area is 138 Å². The normalized spacial score (nSPS) is 10.6. The van der Waals surface area contributed by atoms with Crippen molar-refractivity contribution >= 4 is 5.91 Å². The zero-order valence-electron chi connectivity index (χ0n) is 13.5. The summed E-state index contributed by atoms with van der Waals surface area (Å²) >= 11 is 0. The van der Waals surface area contributed by atoms with Gasteiger partial charge in [0.25, 0.3) is 5.56 Å². The number of halogens is 1. The van der Waals surface area contributed by atoms with Crippen LogP contribution in [0.1, 0.15) is 25.3 Å². The third-order valence-corrected chi connectivity index (χ3v) is 3.56. The molecule has 0 radical (unpaired) electrons. The molecule has 0 fully saturated rings. The molecule has 0 bridgehead atoms. The zero-order chi connectivity index (χ0) is 17.5. The highest BCUT2D eigenvalue weighted by Gasteiger charge is 2.10. The SMILES string of the molecule is CCCCNC(=O)Cn1c(=O)ccn(Cc2ccc(F)cc2)c1=O. The summed E-state index contributed by atoms with van der Waals surface area (Å²) < 4.78 is 15.1. The second-order valence-corrected chi connectivity index (χ2v) is 5.48. The van der Waals surface area contributed by atoms with Crippen molar-refractivity contribution in [1.82, 2.24) is 14.5 Å². The highest BCUT2D eigenvalue weighted by Crippen LogP contribution is 2.03. The zero-order valence-corrected chi connectivity index (χ0v) is 13.5. The van der Waals surface area contributed by atoms with Crippen molar-refractivity contribution in [3.05, 3.63) is 68.7 Å². The van der Waals surface area contributed by atoms with Crippen LogP contribution in [-0.2, 0) is 17.9 Å². The van der Waals surface area contributed by atoms with Gasteiger partial charge in [0.05, 0.1) is 6.54 Å². The maximum atomic E-state index is 12.9. The summed E-state index contributed by atoms with van der Waals surface area (Å²) in [5, 5.41) is 2.67. The number of amides is 1. The number of rotatable bonds is 7. The molecule has 1 N–H and O–H groups in total. The molecule has 0 saturated carbocycles. The molecule has 0 atom stereocenters. The molecule has 1 aromatic carbocycles. The molecule has 24 heavy (non-hydrogen) atoms. The van der Waals surface area contributed by atoms with Crippen LogP contribution < -0.4 is 16.6 Å².